The quantitative estimate of drug-likeness (QED) is 0.224. The van der Waals surface area contributed by atoms with Crippen LogP contribution in [0.15, 0.2) is 66.2 Å². The third-order valence-electron chi connectivity index (χ3n) is 5.78. The van der Waals surface area contributed by atoms with Crippen LogP contribution in [0.4, 0.5) is 10.5 Å². The highest BCUT2D eigenvalue weighted by molar-refractivity contribution is 14.1. The molecule has 8 heteroatoms. The Morgan fingerprint density at radius 2 is 1.75 bits per heavy atom. The number of urea groups is 1. The molecule has 184 valence electrons. The summed E-state index contributed by atoms with van der Waals surface area (Å²) in [6.45, 7) is 4.32. The molecule has 36 heavy (non-hydrogen) atoms. The average Bonchev–Trinajstić information content (AvgIpc) is 2.86. The Balaban J connectivity index is 1.65. The lowest BCUT2D eigenvalue weighted by atomic mass is 10.0. The van der Waals surface area contributed by atoms with Crippen molar-refractivity contribution in [2.45, 2.75) is 26.9 Å². The number of carbonyl (C=O) groups excluding carboxylic acids is 3. The smallest absolute Gasteiger partial charge is 0.335 e. The summed E-state index contributed by atoms with van der Waals surface area (Å²) in [5, 5.41) is 2.28. The molecule has 1 saturated heterocycles. The van der Waals surface area contributed by atoms with Gasteiger partial charge in [-0.15, -0.1) is 0 Å². The van der Waals surface area contributed by atoms with Crippen LogP contribution in [-0.2, 0) is 22.6 Å². The van der Waals surface area contributed by atoms with E-state index in [2.05, 4.69) is 27.9 Å². The van der Waals surface area contributed by atoms with Crippen molar-refractivity contribution in [3.8, 4) is 11.5 Å². The number of hydrogen-bond donors (Lipinski definition) is 1. The van der Waals surface area contributed by atoms with Gasteiger partial charge in [-0.3, -0.25) is 14.9 Å². The molecule has 4 rings (SSSR count). The number of halogens is 1. The van der Waals surface area contributed by atoms with Crippen LogP contribution in [0.25, 0.3) is 6.08 Å². The van der Waals surface area contributed by atoms with Crippen LogP contribution in [0.3, 0.4) is 0 Å². The summed E-state index contributed by atoms with van der Waals surface area (Å²) >= 11 is 2.13. The van der Waals surface area contributed by atoms with Gasteiger partial charge in [0.2, 0.25) is 0 Å². The van der Waals surface area contributed by atoms with Crippen molar-refractivity contribution in [3.63, 3.8) is 0 Å². The summed E-state index contributed by atoms with van der Waals surface area (Å²) in [4.78, 5) is 39.6. The van der Waals surface area contributed by atoms with E-state index >= 15 is 0 Å². The normalized spacial score (nSPS) is 14.7. The molecular formula is C28H25IN2O5. The van der Waals surface area contributed by atoms with Crippen LogP contribution >= 0.6 is 22.6 Å². The number of carbonyl (C=O) groups is 3. The summed E-state index contributed by atoms with van der Waals surface area (Å²) in [5.74, 6) is -0.398. The van der Waals surface area contributed by atoms with Gasteiger partial charge in [0.25, 0.3) is 11.8 Å². The molecule has 0 atom stereocenters. The molecule has 0 radical (unpaired) electrons. The van der Waals surface area contributed by atoms with E-state index < -0.39 is 17.8 Å². The molecule has 4 amide bonds. The van der Waals surface area contributed by atoms with Crippen molar-refractivity contribution < 1.29 is 23.9 Å². The maximum atomic E-state index is 13.3. The third-order valence-corrected chi connectivity index (χ3v) is 6.58. The Hall–Kier alpha value is -3.66. The minimum Gasteiger partial charge on any atom is -0.493 e. The number of barbiturate groups is 1. The van der Waals surface area contributed by atoms with E-state index in [0.29, 0.717) is 35.8 Å². The predicted octanol–water partition coefficient (Wildman–Crippen LogP) is 5.42. The molecule has 1 aliphatic heterocycles. The van der Waals surface area contributed by atoms with E-state index in [1.165, 1.54) is 18.7 Å². The molecule has 0 aliphatic carbocycles. The van der Waals surface area contributed by atoms with Gasteiger partial charge in [-0.05, 0) is 76.9 Å². The number of imide groups is 2. The highest BCUT2D eigenvalue weighted by atomic mass is 127. The number of amides is 4. The SMILES string of the molecule is CCc1ccccc1N1C(=O)NC(=O)/C(=C/c2cc(I)c(OCc3ccc(C)cc3)c(OC)c2)C1=O. The minimum absolute atomic E-state index is 0.147. The molecule has 1 fully saturated rings. The monoisotopic (exact) mass is 596 g/mol. The van der Waals surface area contributed by atoms with Gasteiger partial charge in [0.1, 0.15) is 12.2 Å². The van der Waals surface area contributed by atoms with E-state index in [9.17, 15) is 14.4 Å². The van der Waals surface area contributed by atoms with Crippen molar-refractivity contribution in [2.75, 3.05) is 12.0 Å². The Morgan fingerprint density at radius 1 is 1.03 bits per heavy atom. The zero-order valence-electron chi connectivity index (χ0n) is 20.1. The maximum Gasteiger partial charge on any atom is 0.335 e. The number of methoxy groups -OCH3 is 1. The Morgan fingerprint density at radius 3 is 2.44 bits per heavy atom. The number of rotatable bonds is 7. The Bertz CT molecular complexity index is 1360. The van der Waals surface area contributed by atoms with Crippen LogP contribution in [0.2, 0.25) is 0 Å². The van der Waals surface area contributed by atoms with Crippen LogP contribution in [0.1, 0.15) is 29.2 Å². The summed E-state index contributed by atoms with van der Waals surface area (Å²) in [7, 11) is 1.53. The highest BCUT2D eigenvalue weighted by Gasteiger charge is 2.37. The zero-order chi connectivity index (χ0) is 25.8. The number of para-hydroxylation sites is 1. The summed E-state index contributed by atoms with van der Waals surface area (Å²) in [6.07, 6.45) is 2.08. The molecule has 1 aliphatic rings. The molecule has 3 aromatic rings. The number of benzene rings is 3. The van der Waals surface area contributed by atoms with Gasteiger partial charge in [-0.1, -0.05) is 55.0 Å². The van der Waals surface area contributed by atoms with Gasteiger partial charge in [-0.2, -0.15) is 0 Å². The predicted molar refractivity (Wildman–Crippen MR) is 146 cm³/mol. The molecule has 3 aromatic carbocycles. The number of nitrogens with zero attached hydrogens (tertiary/aromatic N) is 1. The highest BCUT2D eigenvalue weighted by Crippen LogP contribution is 2.36. The van der Waals surface area contributed by atoms with Crippen LogP contribution in [-0.4, -0.2) is 25.0 Å². The van der Waals surface area contributed by atoms with E-state index in [4.69, 9.17) is 9.47 Å². The second-order valence-corrected chi connectivity index (χ2v) is 9.41. The first-order chi connectivity index (χ1) is 17.3. The first-order valence-corrected chi connectivity index (χ1v) is 12.5. The molecule has 0 bridgehead atoms. The van der Waals surface area contributed by atoms with Crippen molar-refractivity contribution in [3.05, 3.63) is 92.1 Å². The summed E-state index contributed by atoms with van der Waals surface area (Å²) < 4.78 is 12.3. The van der Waals surface area contributed by atoms with Gasteiger partial charge in [0, 0.05) is 0 Å². The lowest BCUT2D eigenvalue weighted by Crippen LogP contribution is -2.54. The molecule has 0 unspecified atom stereocenters. The molecule has 7 nitrogen and oxygen atoms in total. The fraction of sp³-hybridized carbons (Fsp3) is 0.179. The van der Waals surface area contributed by atoms with Crippen molar-refractivity contribution >= 4 is 52.2 Å². The topological polar surface area (TPSA) is 84.9 Å². The number of aryl methyl sites for hydroxylation is 2. The third kappa shape index (κ3) is 5.28. The van der Waals surface area contributed by atoms with Gasteiger partial charge in [0.05, 0.1) is 16.4 Å². The van der Waals surface area contributed by atoms with E-state index in [1.54, 1.807) is 24.3 Å². The Kier molecular flexibility index (Phi) is 7.73. The molecule has 0 spiro atoms. The minimum atomic E-state index is -0.768. The van der Waals surface area contributed by atoms with E-state index in [0.717, 1.165) is 19.6 Å². The molecular weight excluding hydrogens is 571 g/mol. The second-order valence-electron chi connectivity index (χ2n) is 8.25. The number of anilines is 1. The fourth-order valence-corrected chi connectivity index (χ4v) is 4.65. The first kappa shape index (κ1) is 25.4. The van der Waals surface area contributed by atoms with Crippen LogP contribution in [0.5, 0.6) is 11.5 Å². The number of hydrogen-bond acceptors (Lipinski definition) is 5. The molecule has 1 heterocycles. The lowest BCUT2D eigenvalue weighted by Gasteiger charge is -2.28. The Labute approximate surface area is 223 Å². The van der Waals surface area contributed by atoms with E-state index in [-0.39, 0.29) is 5.57 Å². The molecule has 1 N–H and O–H groups in total. The average molecular weight is 596 g/mol. The standard InChI is InChI=1S/C28H25IN2O5/c1-4-20-7-5-6-8-23(20)31-27(33)21(26(32)30-28(31)34)13-19-14-22(29)25(24(15-19)35-3)36-16-18-11-9-17(2)10-12-18/h5-15H,4,16H2,1-3H3,(H,30,32,34)/b21-13-. The van der Waals surface area contributed by atoms with E-state index in [1.807, 2.05) is 50.2 Å². The largest absolute Gasteiger partial charge is 0.493 e. The van der Waals surface area contributed by atoms with Crippen molar-refractivity contribution in [2.24, 2.45) is 0 Å². The van der Waals surface area contributed by atoms with Gasteiger partial charge in [0.15, 0.2) is 11.5 Å². The van der Waals surface area contributed by atoms with Crippen LogP contribution in [0, 0.1) is 10.5 Å². The lowest BCUT2D eigenvalue weighted by molar-refractivity contribution is -0.122. The first-order valence-electron chi connectivity index (χ1n) is 11.4. The molecule has 0 saturated carbocycles. The maximum absolute atomic E-state index is 13.3. The summed E-state index contributed by atoms with van der Waals surface area (Å²) in [5.41, 5.74) is 3.88. The number of ether oxygens (including phenoxy) is 2. The zero-order valence-corrected chi connectivity index (χ0v) is 22.3. The fourth-order valence-electron chi connectivity index (χ4n) is 3.87. The van der Waals surface area contributed by atoms with Crippen molar-refractivity contribution in [1.29, 1.82) is 0 Å². The number of nitrogens with one attached hydrogen (secondary N) is 1. The molecule has 0 aromatic heterocycles. The van der Waals surface area contributed by atoms with Gasteiger partial charge >= 0.3 is 6.03 Å². The van der Waals surface area contributed by atoms with Gasteiger partial charge < -0.3 is 9.47 Å². The second kappa shape index (κ2) is 10.9. The van der Waals surface area contributed by atoms with Crippen LogP contribution < -0.4 is 19.7 Å². The summed E-state index contributed by atoms with van der Waals surface area (Å²) in [6, 6.07) is 17.9. The van der Waals surface area contributed by atoms with Gasteiger partial charge in [-0.25, -0.2) is 9.69 Å². The van der Waals surface area contributed by atoms with Crippen molar-refractivity contribution in [1.82, 2.24) is 5.32 Å².